The topological polar surface area (TPSA) is 63.0 Å². The van der Waals surface area contributed by atoms with E-state index in [2.05, 4.69) is 15.6 Å². The van der Waals surface area contributed by atoms with Crippen LogP contribution < -0.4 is 16.4 Å². The van der Waals surface area contributed by atoms with Crippen LogP contribution in [0.5, 0.6) is 0 Å². The summed E-state index contributed by atoms with van der Waals surface area (Å²) in [5.41, 5.74) is 9.28. The number of nitrogen functional groups attached to an aromatic ring is 1. The van der Waals surface area contributed by atoms with Crippen molar-refractivity contribution in [3.8, 4) is 11.1 Å². The summed E-state index contributed by atoms with van der Waals surface area (Å²) in [5, 5.41) is 8.91. The van der Waals surface area contributed by atoms with Crippen molar-refractivity contribution in [2.75, 3.05) is 30.7 Å². The predicted octanol–water partition coefficient (Wildman–Crippen LogP) is 3.95. The van der Waals surface area contributed by atoms with Gasteiger partial charge < -0.3 is 16.4 Å². The summed E-state index contributed by atoms with van der Waals surface area (Å²) in [5.74, 6) is 0.875. The first-order chi connectivity index (χ1) is 12.6. The number of hydrogen-bond donors (Lipinski definition) is 3. The molecule has 1 atom stereocenters. The van der Waals surface area contributed by atoms with Crippen LogP contribution in [0.4, 0.5) is 15.9 Å². The molecule has 134 valence electrons. The number of anilines is 2. The summed E-state index contributed by atoms with van der Waals surface area (Å²) in [6.45, 7) is 4.91. The van der Waals surface area contributed by atoms with Crippen LogP contribution >= 0.6 is 0 Å². The van der Waals surface area contributed by atoms with Gasteiger partial charge in [0.15, 0.2) is 0 Å². The van der Waals surface area contributed by atoms with E-state index in [1.165, 1.54) is 12.5 Å². The highest BCUT2D eigenvalue weighted by atomic mass is 19.1. The molecule has 26 heavy (non-hydrogen) atoms. The first-order valence-corrected chi connectivity index (χ1v) is 9.01. The molecule has 0 amide bonds. The van der Waals surface area contributed by atoms with Crippen molar-refractivity contribution in [3.05, 3.63) is 54.0 Å². The summed E-state index contributed by atoms with van der Waals surface area (Å²) in [4.78, 5) is 4.21. The molecule has 1 aliphatic heterocycles. The standard InChI is InChI=1S/C21H23FN4/c1-13-3-2-4-18(22)21(13)15-7-16-12-26-20(23)9-17(16)19(8-15)25-11-14-5-6-24-10-14/h2-4,7-9,12,14,24-25H,5-6,10-11H2,1H3,(H2,23,26). The molecule has 0 radical (unpaired) electrons. The zero-order chi connectivity index (χ0) is 18.1. The maximum absolute atomic E-state index is 14.5. The fourth-order valence-corrected chi connectivity index (χ4v) is 3.70. The molecule has 0 spiro atoms. The molecule has 1 fully saturated rings. The third kappa shape index (κ3) is 3.22. The second-order valence-corrected chi connectivity index (χ2v) is 7.03. The minimum Gasteiger partial charge on any atom is -0.384 e. The van der Waals surface area contributed by atoms with Gasteiger partial charge in [0, 0.05) is 34.8 Å². The van der Waals surface area contributed by atoms with Gasteiger partial charge in [0.25, 0.3) is 0 Å². The number of benzene rings is 2. The molecular formula is C21H23FN4. The Morgan fingerprint density at radius 2 is 2.19 bits per heavy atom. The Labute approximate surface area is 152 Å². The number of hydrogen-bond acceptors (Lipinski definition) is 4. The van der Waals surface area contributed by atoms with Crippen LogP contribution in [-0.4, -0.2) is 24.6 Å². The fraction of sp³-hybridized carbons (Fsp3) is 0.286. The second kappa shape index (κ2) is 6.92. The molecule has 2 aromatic carbocycles. The van der Waals surface area contributed by atoms with Gasteiger partial charge in [0.05, 0.1) is 0 Å². The molecule has 5 heteroatoms. The largest absolute Gasteiger partial charge is 0.384 e. The molecule has 0 saturated carbocycles. The van der Waals surface area contributed by atoms with Crippen LogP contribution in [-0.2, 0) is 0 Å². The SMILES string of the molecule is Cc1cccc(F)c1-c1cc(NCC2CCNC2)c2cc(N)ncc2c1. The number of nitrogens with one attached hydrogen (secondary N) is 2. The van der Waals surface area contributed by atoms with E-state index < -0.39 is 0 Å². The van der Waals surface area contributed by atoms with E-state index in [4.69, 9.17) is 5.73 Å². The number of fused-ring (bicyclic) bond motifs is 1. The molecule has 1 aliphatic rings. The van der Waals surface area contributed by atoms with Crippen LogP contribution in [0.15, 0.2) is 42.6 Å². The van der Waals surface area contributed by atoms with E-state index in [0.717, 1.165) is 47.2 Å². The zero-order valence-electron chi connectivity index (χ0n) is 14.8. The Kier molecular flexibility index (Phi) is 4.47. The Hall–Kier alpha value is -2.66. The number of aryl methyl sites for hydroxylation is 1. The lowest BCUT2D eigenvalue weighted by molar-refractivity contribution is 0.616. The van der Waals surface area contributed by atoms with Gasteiger partial charge in [0.2, 0.25) is 0 Å². The molecule has 1 saturated heterocycles. The van der Waals surface area contributed by atoms with E-state index >= 15 is 0 Å². The van der Waals surface area contributed by atoms with Crippen molar-refractivity contribution in [1.29, 1.82) is 0 Å². The van der Waals surface area contributed by atoms with Crippen LogP contribution in [0.1, 0.15) is 12.0 Å². The lowest BCUT2D eigenvalue weighted by atomic mass is 9.96. The Morgan fingerprint density at radius 1 is 1.31 bits per heavy atom. The highest BCUT2D eigenvalue weighted by Gasteiger charge is 2.16. The fourth-order valence-electron chi connectivity index (χ4n) is 3.70. The van der Waals surface area contributed by atoms with Crippen molar-refractivity contribution in [2.45, 2.75) is 13.3 Å². The van der Waals surface area contributed by atoms with Gasteiger partial charge in [-0.15, -0.1) is 0 Å². The molecule has 4 rings (SSSR count). The smallest absolute Gasteiger partial charge is 0.131 e. The first kappa shape index (κ1) is 16.8. The van der Waals surface area contributed by atoms with Gasteiger partial charge in [0.1, 0.15) is 11.6 Å². The molecule has 1 aromatic heterocycles. The minimum absolute atomic E-state index is 0.210. The van der Waals surface area contributed by atoms with Crippen LogP contribution in [0.3, 0.4) is 0 Å². The van der Waals surface area contributed by atoms with Crippen LogP contribution in [0.2, 0.25) is 0 Å². The Balaban J connectivity index is 1.80. The lowest BCUT2D eigenvalue weighted by Crippen LogP contribution is -2.17. The van der Waals surface area contributed by atoms with Crippen LogP contribution in [0, 0.1) is 18.7 Å². The molecule has 0 aliphatic carbocycles. The molecule has 2 heterocycles. The van der Waals surface area contributed by atoms with Crippen molar-refractivity contribution < 1.29 is 4.39 Å². The highest BCUT2D eigenvalue weighted by molar-refractivity contribution is 5.98. The summed E-state index contributed by atoms with van der Waals surface area (Å²) < 4.78 is 14.5. The van der Waals surface area contributed by atoms with Crippen LogP contribution in [0.25, 0.3) is 21.9 Å². The predicted molar refractivity (Wildman–Crippen MR) is 106 cm³/mol. The Morgan fingerprint density at radius 3 is 2.96 bits per heavy atom. The van der Waals surface area contributed by atoms with Gasteiger partial charge in [-0.1, -0.05) is 12.1 Å². The number of rotatable bonds is 4. The number of halogens is 1. The number of pyridine rings is 1. The van der Waals surface area contributed by atoms with E-state index in [0.29, 0.717) is 17.3 Å². The molecule has 0 bridgehead atoms. The molecule has 4 nitrogen and oxygen atoms in total. The maximum Gasteiger partial charge on any atom is 0.131 e. The number of aromatic nitrogens is 1. The normalized spacial score (nSPS) is 16.9. The van der Waals surface area contributed by atoms with E-state index in [1.54, 1.807) is 12.3 Å². The monoisotopic (exact) mass is 350 g/mol. The molecule has 4 N–H and O–H groups in total. The van der Waals surface area contributed by atoms with Crippen molar-refractivity contribution in [3.63, 3.8) is 0 Å². The van der Waals surface area contributed by atoms with E-state index in [9.17, 15) is 4.39 Å². The third-order valence-electron chi connectivity index (χ3n) is 5.11. The average Bonchev–Trinajstić information content (AvgIpc) is 3.13. The molecule has 1 unspecified atom stereocenters. The summed E-state index contributed by atoms with van der Waals surface area (Å²) >= 11 is 0. The third-order valence-corrected chi connectivity index (χ3v) is 5.11. The molecular weight excluding hydrogens is 327 g/mol. The van der Waals surface area contributed by atoms with Gasteiger partial charge in [-0.2, -0.15) is 0 Å². The first-order valence-electron chi connectivity index (χ1n) is 9.01. The highest BCUT2D eigenvalue weighted by Crippen LogP contribution is 2.34. The maximum atomic E-state index is 14.5. The van der Waals surface area contributed by atoms with Crippen molar-refractivity contribution in [2.24, 2.45) is 5.92 Å². The number of nitrogens with zero attached hydrogens (tertiary/aromatic N) is 1. The van der Waals surface area contributed by atoms with Gasteiger partial charge in [-0.05, 0) is 67.7 Å². The minimum atomic E-state index is -0.210. The zero-order valence-corrected chi connectivity index (χ0v) is 14.8. The second-order valence-electron chi connectivity index (χ2n) is 7.03. The lowest BCUT2D eigenvalue weighted by Gasteiger charge is -2.16. The van der Waals surface area contributed by atoms with Gasteiger partial charge in [-0.25, -0.2) is 9.37 Å². The van der Waals surface area contributed by atoms with Crippen molar-refractivity contribution >= 4 is 22.3 Å². The summed E-state index contributed by atoms with van der Waals surface area (Å²) in [6, 6.07) is 11.1. The van der Waals surface area contributed by atoms with Gasteiger partial charge in [-0.3, -0.25) is 0 Å². The average molecular weight is 350 g/mol. The van der Waals surface area contributed by atoms with E-state index in [1.807, 2.05) is 31.2 Å². The number of nitrogens with two attached hydrogens (primary N) is 1. The quantitative estimate of drug-likeness (QED) is 0.667. The Bertz CT molecular complexity index is 928. The van der Waals surface area contributed by atoms with Crippen molar-refractivity contribution in [1.82, 2.24) is 10.3 Å². The van der Waals surface area contributed by atoms with E-state index in [-0.39, 0.29) is 5.82 Å². The summed E-state index contributed by atoms with van der Waals surface area (Å²) in [6.07, 6.45) is 2.92. The molecule has 3 aromatic rings. The summed E-state index contributed by atoms with van der Waals surface area (Å²) in [7, 11) is 0. The van der Waals surface area contributed by atoms with Gasteiger partial charge >= 0.3 is 0 Å².